The molecule has 3 N–H and O–H groups in total. The van der Waals surface area contributed by atoms with E-state index in [0.29, 0.717) is 18.0 Å². The maximum Gasteiger partial charge on any atom is 0.240 e. The summed E-state index contributed by atoms with van der Waals surface area (Å²) in [6.07, 6.45) is 0.470. The molecule has 1 aromatic carbocycles. The van der Waals surface area contributed by atoms with Crippen LogP contribution in [0.4, 0.5) is 0 Å². The molecule has 0 saturated heterocycles. The van der Waals surface area contributed by atoms with Crippen LogP contribution in [0.15, 0.2) is 41.3 Å². The highest BCUT2D eigenvalue weighted by molar-refractivity contribution is 7.89. The van der Waals surface area contributed by atoms with Gasteiger partial charge in [-0.25, -0.2) is 13.1 Å². The van der Waals surface area contributed by atoms with Gasteiger partial charge in [-0.1, -0.05) is 24.4 Å². The first-order valence-corrected chi connectivity index (χ1v) is 9.00. The smallest absolute Gasteiger partial charge is 0.240 e. The van der Waals surface area contributed by atoms with Crippen molar-refractivity contribution in [3.05, 3.63) is 51.7 Å². The van der Waals surface area contributed by atoms with E-state index in [9.17, 15) is 8.42 Å². The number of nitrogens with one attached hydrogen (secondary N) is 1. The summed E-state index contributed by atoms with van der Waals surface area (Å²) in [7, 11) is -3.50. The molecule has 0 unspecified atom stereocenters. The van der Waals surface area contributed by atoms with Gasteiger partial charge in [-0.3, -0.25) is 0 Å². The van der Waals surface area contributed by atoms with Gasteiger partial charge in [0.15, 0.2) is 0 Å². The van der Waals surface area contributed by atoms with Crippen LogP contribution in [-0.2, 0) is 23.0 Å². The average Bonchev–Trinajstić information content (AvgIpc) is 2.82. The zero-order valence-electron chi connectivity index (χ0n) is 11.5. The summed E-state index contributed by atoms with van der Waals surface area (Å²) in [5, 5.41) is 0. The molecule has 2 aromatic rings. The summed E-state index contributed by atoms with van der Waals surface area (Å²) in [6, 6.07) is 10.5. The number of rotatable bonds is 6. The number of hydrogen-bond acceptors (Lipinski definition) is 4. The van der Waals surface area contributed by atoms with Crippen LogP contribution in [0.5, 0.6) is 0 Å². The minimum atomic E-state index is -3.50. The molecule has 1 heterocycles. The van der Waals surface area contributed by atoms with E-state index in [0.717, 1.165) is 15.3 Å². The van der Waals surface area contributed by atoms with Gasteiger partial charge in [0, 0.05) is 22.7 Å². The Kier molecular flexibility index (Phi) is 5.10. The molecule has 0 atom stereocenters. The lowest BCUT2D eigenvalue weighted by molar-refractivity contribution is 0.582. The van der Waals surface area contributed by atoms with Crippen LogP contribution in [0, 0.1) is 6.92 Å². The lowest BCUT2D eigenvalue weighted by Crippen LogP contribution is -2.22. The molecule has 0 bridgehead atoms. The van der Waals surface area contributed by atoms with E-state index in [4.69, 9.17) is 18.0 Å². The third kappa shape index (κ3) is 4.60. The van der Waals surface area contributed by atoms with Crippen LogP contribution >= 0.6 is 23.6 Å². The van der Waals surface area contributed by atoms with Gasteiger partial charge in [0.25, 0.3) is 0 Å². The van der Waals surface area contributed by atoms with Gasteiger partial charge in [-0.15, -0.1) is 11.3 Å². The molecule has 0 aliphatic rings. The zero-order valence-corrected chi connectivity index (χ0v) is 13.9. The van der Waals surface area contributed by atoms with Crippen molar-refractivity contribution in [3.8, 4) is 0 Å². The van der Waals surface area contributed by atoms with Gasteiger partial charge in [-0.2, -0.15) is 0 Å². The summed E-state index contributed by atoms with van der Waals surface area (Å²) < 4.78 is 27.0. The topological polar surface area (TPSA) is 72.2 Å². The highest BCUT2D eigenvalue weighted by atomic mass is 32.2. The first kappa shape index (κ1) is 16.1. The predicted octanol–water partition coefficient (Wildman–Crippen LogP) is 2.36. The molecule has 0 fully saturated rings. The first-order valence-electron chi connectivity index (χ1n) is 6.29. The van der Waals surface area contributed by atoms with E-state index in [-0.39, 0.29) is 4.90 Å². The van der Waals surface area contributed by atoms with Crippen molar-refractivity contribution in [1.29, 1.82) is 0 Å². The third-order valence-corrected chi connectivity index (χ3v) is 5.41. The summed E-state index contributed by atoms with van der Waals surface area (Å²) >= 11 is 6.41. The highest BCUT2D eigenvalue weighted by Crippen LogP contribution is 2.16. The molecule has 7 heteroatoms. The largest absolute Gasteiger partial charge is 0.393 e. The molecular weight excluding hydrogens is 324 g/mol. The van der Waals surface area contributed by atoms with Crippen molar-refractivity contribution in [2.45, 2.75) is 24.8 Å². The first-order chi connectivity index (χ1) is 9.87. The highest BCUT2D eigenvalue weighted by Gasteiger charge is 2.14. The molecule has 0 aliphatic carbocycles. The molecule has 21 heavy (non-hydrogen) atoms. The van der Waals surface area contributed by atoms with Crippen LogP contribution in [0.25, 0.3) is 0 Å². The minimum Gasteiger partial charge on any atom is -0.393 e. The van der Waals surface area contributed by atoms with Crippen molar-refractivity contribution >= 4 is 38.6 Å². The molecule has 2 rings (SSSR count). The molecular formula is C14H16N2O2S3. The minimum absolute atomic E-state index is 0.238. The van der Waals surface area contributed by atoms with Gasteiger partial charge in [0.2, 0.25) is 10.0 Å². The molecule has 0 amide bonds. The monoisotopic (exact) mass is 340 g/mol. The molecule has 0 saturated carbocycles. The van der Waals surface area contributed by atoms with E-state index < -0.39 is 10.0 Å². The van der Waals surface area contributed by atoms with Crippen molar-refractivity contribution in [2.75, 3.05) is 0 Å². The van der Waals surface area contributed by atoms with Gasteiger partial charge < -0.3 is 5.73 Å². The Morgan fingerprint density at radius 2 is 1.90 bits per heavy atom. The summed E-state index contributed by atoms with van der Waals surface area (Å²) in [6.45, 7) is 2.29. The number of thiocarbonyl (C=S) groups is 1. The quantitative estimate of drug-likeness (QED) is 0.792. The number of hydrogen-bond donors (Lipinski definition) is 2. The summed E-state index contributed by atoms with van der Waals surface area (Å²) in [5.74, 6) is 0. The number of nitrogens with two attached hydrogens (primary N) is 1. The predicted molar refractivity (Wildman–Crippen MR) is 90.0 cm³/mol. The SMILES string of the molecule is Cc1ccc(CNS(=O)(=O)c2ccc(CC(N)=S)cc2)s1. The normalized spacial score (nSPS) is 11.5. The fraction of sp³-hybridized carbons (Fsp3) is 0.214. The summed E-state index contributed by atoms with van der Waals surface area (Å²) in [4.78, 5) is 2.77. The van der Waals surface area contributed by atoms with E-state index >= 15 is 0 Å². The Labute approximate surface area is 134 Å². The van der Waals surface area contributed by atoms with Crippen molar-refractivity contribution < 1.29 is 8.42 Å². The second kappa shape index (κ2) is 6.65. The van der Waals surface area contributed by atoms with Crippen LogP contribution in [0.3, 0.4) is 0 Å². The Hall–Kier alpha value is -1.28. The van der Waals surface area contributed by atoms with Crippen molar-refractivity contribution in [3.63, 3.8) is 0 Å². The number of benzene rings is 1. The van der Waals surface area contributed by atoms with Gasteiger partial charge in [0.05, 0.1) is 9.88 Å². The molecule has 112 valence electrons. The summed E-state index contributed by atoms with van der Waals surface area (Å²) in [5.41, 5.74) is 6.36. The fourth-order valence-corrected chi connectivity index (χ4v) is 3.91. The molecule has 1 aromatic heterocycles. The Morgan fingerprint density at radius 3 is 2.43 bits per heavy atom. The lowest BCUT2D eigenvalue weighted by Gasteiger charge is -2.07. The maximum absolute atomic E-state index is 12.2. The van der Waals surface area contributed by atoms with Crippen LogP contribution in [0.1, 0.15) is 15.3 Å². The Bertz CT molecular complexity index is 734. The van der Waals surface area contributed by atoms with Crippen LogP contribution in [0.2, 0.25) is 0 Å². The van der Waals surface area contributed by atoms with Crippen molar-refractivity contribution in [2.24, 2.45) is 5.73 Å². The Balaban J connectivity index is 2.06. The van der Waals surface area contributed by atoms with Gasteiger partial charge >= 0.3 is 0 Å². The maximum atomic E-state index is 12.2. The standard InChI is InChI=1S/C14H16N2O2S3/c1-10-2-5-12(20-10)9-16-21(17,18)13-6-3-11(4-7-13)8-14(15)19/h2-7,16H,8-9H2,1H3,(H2,15,19). The second-order valence-electron chi connectivity index (χ2n) is 4.62. The molecule has 0 radical (unpaired) electrons. The second-order valence-corrected chi connectivity index (χ2v) is 8.29. The fourth-order valence-electron chi connectivity index (χ4n) is 1.82. The van der Waals surface area contributed by atoms with Gasteiger partial charge in [0.1, 0.15) is 0 Å². The zero-order chi connectivity index (χ0) is 15.5. The van der Waals surface area contributed by atoms with E-state index in [1.54, 1.807) is 35.6 Å². The lowest BCUT2D eigenvalue weighted by atomic mass is 10.1. The number of thiophene rings is 1. The Morgan fingerprint density at radius 1 is 1.24 bits per heavy atom. The number of sulfonamides is 1. The average molecular weight is 340 g/mol. The molecule has 4 nitrogen and oxygen atoms in total. The van der Waals surface area contributed by atoms with E-state index in [1.165, 1.54) is 0 Å². The van der Waals surface area contributed by atoms with Gasteiger partial charge in [-0.05, 0) is 36.8 Å². The van der Waals surface area contributed by atoms with Crippen LogP contribution < -0.4 is 10.5 Å². The molecule has 0 aliphatic heterocycles. The van der Waals surface area contributed by atoms with Crippen LogP contribution in [-0.4, -0.2) is 13.4 Å². The molecule has 0 spiro atoms. The van der Waals surface area contributed by atoms with Crippen molar-refractivity contribution in [1.82, 2.24) is 4.72 Å². The number of aryl methyl sites for hydroxylation is 1. The van der Waals surface area contributed by atoms with E-state index in [1.807, 2.05) is 19.1 Å². The third-order valence-electron chi connectivity index (χ3n) is 2.84. The van der Waals surface area contributed by atoms with E-state index in [2.05, 4.69) is 4.72 Å².